The first-order valence-electron chi connectivity index (χ1n) is 5.01. The van der Waals surface area contributed by atoms with Gasteiger partial charge in [0.15, 0.2) is 0 Å². The van der Waals surface area contributed by atoms with Crippen molar-refractivity contribution in [3.05, 3.63) is 34.4 Å². The van der Waals surface area contributed by atoms with Crippen molar-refractivity contribution in [3.8, 4) is 0 Å². The number of benzene rings is 1. The first-order chi connectivity index (χ1) is 6.91. The van der Waals surface area contributed by atoms with E-state index in [2.05, 4.69) is 32.8 Å². The van der Waals surface area contributed by atoms with E-state index in [1.165, 1.54) is 16.7 Å². The SMILES string of the molecule is Cc1cc(C(=N)N)cc(C)c1CN(C)C. The van der Waals surface area contributed by atoms with E-state index in [9.17, 15) is 0 Å². The van der Waals surface area contributed by atoms with E-state index in [1.54, 1.807) is 0 Å². The molecular weight excluding hydrogens is 186 g/mol. The maximum absolute atomic E-state index is 7.41. The van der Waals surface area contributed by atoms with Gasteiger partial charge in [-0.05, 0) is 56.8 Å². The van der Waals surface area contributed by atoms with Crippen molar-refractivity contribution in [1.29, 1.82) is 5.41 Å². The van der Waals surface area contributed by atoms with Crippen molar-refractivity contribution in [2.24, 2.45) is 5.73 Å². The summed E-state index contributed by atoms with van der Waals surface area (Å²) in [6, 6.07) is 3.96. The number of nitrogens with one attached hydrogen (secondary N) is 1. The number of nitrogens with two attached hydrogens (primary N) is 1. The minimum Gasteiger partial charge on any atom is -0.384 e. The highest BCUT2D eigenvalue weighted by Gasteiger charge is 2.07. The molecule has 3 heteroatoms. The van der Waals surface area contributed by atoms with Crippen LogP contribution in [-0.2, 0) is 6.54 Å². The molecule has 0 aromatic heterocycles. The smallest absolute Gasteiger partial charge is 0.122 e. The molecule has 0 heterocycles. The second kappa shape index (κ2) is 4.45. The standard InChI is InChI=1S/C12H19N3/c1-8-5-10(12(13)14)6-9(2)11(8)7-15(3)4/h5-6H,7H2,1-4H3,(H3,13,14). The molecule has 1 aromatic carbocycles. The Balaban J connectivity index is 3.15. The molecule has 0 aliphatic heterocycles. The molecule has 0 spiro atoms. The third-order valence-electron chi connectivity index (χ3n) is 2.48. The van der Waals surface area contributed by atoms with Crippen LogP contribution in [0.1, 0.15) is 22.3 Å². The Morgan fingerprint density at radius 1 is 1.27 bits per heavy atom. The summed E-state index contributed by atoms with van der Waals surface area (Å²) in [5, 5.41) is 7.41. The van der Waals surface area contributed by atoms with E-state index in [-0.39, 0.29) is 5.84 Å². The van der Waals surface area contributed by atoms with Gasteiger partial charge in [0.2, 0.25) is 0 Å². The third-order valence-corrected chi connectivity index (χ3v) is 2.48. The zero-order chi connectivity index (χ0) is 11.6. The van der Waals surface area contributed by atoms with Crippen LogP contribution in [0.3, 0.4) is 0 Å². The van der Waals surface area contributed by atoms with Crippen LogP contribution >= 0.6 is 0 Å². The van der Waals surface area contributed by atoms with Crippen LogP contribution in [0.25, 0.3) is 0 Å². The molecule has 0 saturated heterocycles. The van der Waals surface area contributed by atoms with E-state index in [1.807, 2.05) is 12.1 Å². The van der Waals surface area contributed by atoms with E-state index < -0.39 is 0 Å². The Morgan fingerprint density at radius 2 is 1.73 bits per heavy atom. The molecule has 82 valence electrons. The Morgan fingerprint density at radius 3 is 2.07 bits per heavy atom. The van der Waals surface area contributed by atoms with Gasteiger partial charge in [-0.25, -0.2) is 0 Å². The lowest BCUT2D eigenvalue weighted by atomic mass is 9.98. The van der Waals surface area contributed by atoms with Crippen LogP contribution in [0.5, 0.6) is 0 Å². The molecule has 0 bridgehead atoms. The van der Waals surface area contributed by atoms with Crippen molar-refractivity contribution >= 4 is 5.84 Å². The van der Waals surface area contributed by atoms with Gasteiger partial charge in [0.05, 0.1) is 0 Å². The van der Waals surface area contributed by atoms with E-state index in [4.69, 9.17) is 11.1 Å². The fraction of sp³-hybridized carbons (Fsp3) is 0.417. The second-order valence-electron chi connectivity index (χ2n) is 4.24. The summed E-state index contributed by atoms with van der Waals surface area (Å²) < 4.78 is 0. The lowest BCUT2D eigenvalue weighted by molar-refractivity contribution is 0.400. The molecule has 0 fully saturated rings. The Kier molecular flexibility index (Phi) is 3.48. The summed E-state index contributed by atoms with van der Waals surface area (Å²) in [7, 11) is 4.11. The zero-order valence-corrected chi connectivity index (χ0v) is 9.89. The van der Waals surface area contributed by atoms with Crippen LogP contribution in [0.15, 0.2) is 12.1 Å². The molecule has 3 nitrogen and oxygen atoms in total. The number of aryl methyl sites for hydroxylation is 2. The van der Waals surface area contributed by atoms with Gasteiger partial charge in [-0.2, -0.15) is 0 Å². The van der Waals surface area contributed by atoms with Gasteiger partial charge in [-0.3, -0.25) is 5.41 Å². The molecule has 0 atom stereocenters. The average Bonchev–Trinajstić information content (AvgIpc) is 2.10. The lowest BCUT2D eigenvalue weighted by Crippen LogP contribution is -2.15. The number of nitrogens with zero attached hydrogens (tertiary/aromatic N) is 1. The molecule has 0 unspecified atom stereocenters. The predicted octanol–water partition coefficient (Wildman–Crippen LogP) is 1.65. The van der Waals surface area contributed by atoms with Crippen molar-refractivity contribution < 1.29 is 0 Å². The zero-order valence-electron chi connectivity index (χ0n) is 9.89. The quantitative estimate of drug-likeness (QED) is 0.582. The van der Waals surface area contributed by atoms with Gasteiger partial charge in [-0.1, -0.05) is 0 Å². The van der Waals surface area contributed by atoms with Crippen LogP contribution in [-0.4, -0.2) is 24.8 Å². The Bertz CT molecular complexity index is 357. The molecule has 0 aliphatic carbocycles. The van der Waals surface area contributed by atoms with Crippen molar-refractivity contribution in [3.63, 3.8) is 0 Å². The van der Waals surface area contributed by atoms with Crippen LogP contribution in [0, 0.1) is 19.3 Å². The van der Waals surface area contributed by atoms with Crippen molar-refractivity contribution in [2.75, 3.05) is 14.1 Å². The predicted molar refractivity (Wildman–Crippen MR) is 64.3 cm³/mol. The van der Waals surface area contributed by atoms with Crippen molar-refractivity contribution in [2.45, 2.75) is 20.4 Å². The van der Waals surface area contributed by atoms with Gasteiger partial charge >= 0.3 is 0 Å². The van der Waals surface area contributed by atoms with E-state index in [0.717, 1.165) is 12.1 Å². The molecular formula is C12H19N3. The van der Waals surface area contributed by atoms with Gasteiger partial charge < -0.3 is 10.6 Å². The van der Waals surface area contributed by atoms with Crippen LogP contribution < -0.4 is 5.73 Å². The summed E-state index contributed by atoms with van der Waals surface area (Å²) >= 11 is 0. The van der Waals surface area contributed by atoms with Gasteiger partial charge in [0, 0.05) is 12.1 Å². The second-order valence-corrected chi connectivity index (χ2v) is 4.24. The minimum atomic E-state index is 0.137. The molecule has 3 N–H and O–H groups in total. The third kappa shape index (κ3) is 2.80. The molecule has 0 saturated carbocycles. The van der Waals surface area contributed by atoms with E-state index >= 15 is 0 Å². The Hall–Kier alpha value is -1.35. The fourth-order valence-electron chi connectivity index (χ4n) is 1.71. The fourth-order valence-corrected chi connectivity index (χ4v) is 1.71. The normalized spacial score (nSPS) is 10.7. The number of rotatable bonds is 3. The number of hydrogen-bond acceptors (Lipinski definition) is 2. The highest BCUT2D eigenvalue weighted by atomic mass is 15.0. The first kappa shape index (κ1) is 11.7. The number of nitrogen functional groups attached to an aromatic ring is 1. The molecule has 0 amide bonds. The minimum absolute atomic E-state index is 0.137. The molecule has 0 radical (unpaired) electrons. The van der Waals surface area contributed by atoms with E-state index in [0.29, 0.717) is 0 Å². The molecule has 15 heavy (non-hydrogen) atoms. The molecule has 1 rings (SSSR count). The van der Waals surface area contributed by atoms with Gasteiger partial charge in [0.25, 0.3) is 0 Å². The highest BCUT2D eigenvalue weighted by Crippen LogP contribution is 2.17. The number of amidine groups is 1. The highest BCUT2D eigenvalue weighted by molar-refractivity contribution is 5.95. The maximum Gasteiger partial charge on any atom is 0.122 e. The largest absolute Gasteiger partial charge is 0.384 e. The topological polar surface area (TPSA) is 53.1 Å². The Labute approximate surface area is 91.4 Å². The molecule has 0 aliphatic rings. The average molecular weight is 205 g/mol. The first-order valence-corrected chi connectivity index (χ1v) is 5.01. The van der Waals surface area contributed by atoms with Gasteiger partial charge in [0.1, 0.15) is 5.84 Å². The molecule has 1 aromatic rings. The summed E-state index contributed by atoms with van der Waals surface area (Å²) in [6.45, 7) is 5.06. The monoisotopic (exact) mass is 205 g/mol. The lowest BCUT2D eigenvalue weighted by Gasteiger charge is -2.16. The summed E-state index contributed by atoms with van der Waals surface area (Å²) in [5.74, 6) is 0.137. The maximum atomic E-state index is 7.41. The van der Waals surface area contributed by atoms with Gasteiger partial charge in [-0.15, -0.1) is 0 Å². The summed E-state index contributed by atoms with van der Waals surface area (Å²) in [4.78, 5) is 2.14. The van der Waals surface area contributed by atoms with Crippen LogP contribution in [0.4, 0.5) is 0 Å². The summed E-state index contributed by atoms with van der Waals surface area (Å²) in [6.07, 6.45) is 0. The van der Waals surface area contributed by atoms with Crippen molar-refractivity contribution in [1.82, 2.24) is 4.90 Å². The summed E-state index contributed by atoms with van der Waals surface area (Å²) in [5.41, 5.74) is 10.0. The number of hydrogen-bond donors (Lipinski definition) is 2. The van der Waals surface area contributed by atoms with Crippen LogP contribution in [0.2, 0.25) is 0 Å².